The van der Waals surface area contributed by atoms with E-state index in [0.717, 1.165) is 11.1 Å². The number of hydrogen-bond donors (Lipinski definition) is 1. The summed E-state index contributed by atoms with van der Waals surface area (Å²) < 4.78 is 27.5. The molecule has 0 saturated carbocycles. The maximum atomic E-state index is 11.9. The van der Waals surface area contributed by atoms with E-state index in [0.29, 0.717) is 18.8 Å². The van der Waals surface area contributed by atoms with Gasteiger partial charge in [0.15, 0.2) is 0 Å². The van der Waals surface area contributed by atoms with Gasteiger partial charge < -0.3 is 10.6 Å². The lowest BCUT2D eigenvalue weighted by molar-refractivity contribution is 0.597. The number of sulfonamides is 1. The van der Waals surface area contributed by atoms with Crippen LogP contribution in [0.15, 0.2) is 57.8 Å². The summed E-state index contributed by atoms with van der Waals surface area (Å²) in [5, 5.41) is 0. The number of rotatable bonds is 3. The third-order valence-corrected chi connectivity index (χ3v) is 4.66. The van der Waals surface area contributed by atoms with E-state index in [4.69, 9.17) is 5.73 Å². The summed E-state index contributed by atoms with van der Waals surface area (Å²) in [6.07, 6.45) is 1.37. The van der Waals surface area contributed by atoms with Gasteiger partial charge in [-0.05, 0) is 23.3 Å². The van der Waals surface area contributed by atoms with Crippen molar-refractivity contribution >= 4 is 22.0 Å². The number of benzene rings is 2. The third-order valence-electron chi connectivity index (χ3n) is 3.39. The van der Waals surface area contributed by atoms with Crippen molar-refractivity contribution in [1.82, 2.24) is 0 Å². The lowest BCUT2D eigenvalue weighted by atomic mass is 10.1. The fourth-order valence-corrected chi connectivity index (χ4v) is 3.31. The molecule has 2 aromatic carbocycles. The Morgan fingerprint density at radius 3 is 2.38 bits per heavy atom. The smallest absolute Gasteiger partial charge is 0.285 e. The van der Waals surface area contributed by atoms with Crippen LogP contribution in [-0.2, 0) is 23.1 Å². The zero-order valence-corrected chi connectivity index (χ0v) is 12.1. The molecular formula is C15H15N3O2S. The Bertz CT molecular complexity index is 783. The van der Waals surface area contributed by atoms with Gasteiger partial charge in [-0.25, -0.2) is 0 Å². The van der Waals surface area contributed by atoms with E-state index in [1.165, 1.54) is 6.34 Å². The zero-order chi connectivity index (χ0) is 14.9. The minimum atomic E-state index is -3.57. The average Bonchev–Trinajstić information content (AvgIpc) is 2.51. The van der Waals surface area contributed by atoms with Gasteiger partial charge in [0, 0.05) is 13.1 Å². The summed E-state index contributed by atoms with van der Waals surface area (Å²) in [6, 6.07) is 14.8. The molecule has 0 radical (unpaired) electrons. The van der Waals surface area contributed by atoms with Crippen LogP contribution in [0.4, 0.5) is 5.69 Å². The second-order valence-corrected chi connectivity index (χ2v) is 6.41. The molecule has 0 spiro atoms. The Morgan fingerprint density at radius 1 is 1.00 bits per heavy atom. The highest BCUT2D eigenvalue weighted by Crippen LogP contribution is 2.30. The van der Waals surface area contributed by atoms with Crippen molar-refractivity contribution in [2.45, 2.75) is 18.0 Å². The second kappa shape index (κ2) is 5.31. The van der Waals surface area contributed by atoms with Crippen LogP contribution in [0.1, 0.15) is 11.1 Å². The summed E-state index contributed by atoms with van der Waals surface area (Å²) in [6.45, 7) is 1.06. The molecule has 5 nitrogen and oxygen atoms in total. The highest BCUT2D eigenvalue weighted by molar-refractivity contribution is 7.90. The lowest BCUT2D eigenvalue weighted by Gasteiger charge is -2.25. The van der Waals surface area contributed by atoms with Gasteiger partial charge in [0.2, 0.25) is 0 Å². The maximum absolute atomic E-state index is 11.9. The Balaban J connectivity index is 1.93. The molecule has 0 aromatic heterocycles. The van der Waals surface area contributed by atoms with E-state index in [1.807, 2.05) is 35.2 Å². The monoisotopic (exact) mass is 301 g/mol. The molecule has 108 valence electrons. The number of nitrogens with zero attached hydrogens (tertiary/aromatic N) is 2. The minimum absolute atomic E-state index is 0.242. The molecular weight excluding hydrogens is 286 g/mol. The van der Waals surface area contributed by atoms with Crippen LogP contribution in [0, 0.1) is 0 Å². The minimum Gasteiger partial charge on any atom is -0.326 e. The number of anilines is 1. The predicted octanol–water partition coefficient (Wildman–Crippen LogP) is 1.88. The van der Waals surface area contributed by atoms with Gasteiger partial charge in [0.25, 0.3) is 10.0 Å². The molecule has 21 heavy (non-hydrogen) atoms. The Labute approximate surface area is 123 Å². The molecule has 0 amide bonds. The highest BCUT2D eigenvalue weighted by atomic mass is 32.2. The van der Waals surface area contributed by atoms with Crippen LogP contribution in [0.5, 0.6) is 0 Å². The van der Waals surface area contributed by atoms with Crippen molar-refractivity contribution in [2.75, 3.05) is 4.90 Å². The lowest BCUT2D eigenvalue weighted by Crippen LogP contribution is -2.26. The fraction of sp³-hybridized carbons (Fsp3) is 0.133. The highest BCUT2D eigenvalue weighted by Gasteiger charge is 2.24. The molecule has 0 atom stereocenters. The second-order valence-electron chi connectivity index (χ2n) is 4.81. The molecule has 2 N–H and O–H groups in total. The van der Waals surface area contributed by atoms with E-state index in [-0.39, 0.29) is 4.90 Å². The maximum Gasteiger partial charge on any atom is 0.285 e. The molecule has 6 heteroatoms. The van der Waals surface area contributed by atoms with Gasteiger partial charge in [-0.1, -0.05) is 36.4 Å². The largest absolute Gasteiger partial charge is 0.326 e. The molecule has 0 aliphatic carbocycles. The molecule has 3 rings (SSSR count). The van der Waals surface area contributed by atoms with Gasteiger partial charge in [-0.3, -0.25) is 0 Å². The molecule has 1 aliphatic heterocycles. The first-order valence-electron chi connectivity index (χ1n) is 6.54. The molecule has 0 fully saturated rings. The fourth-order valence-electron chi connectivity index (χ4n) is 2.25. The molecule has 1 heterocycles. The summed E-state index contributed by atoms with van der Waals surface area (Å²) in [4.78, 5) is 2.07. The topological polar surface area (TPSA) is 75.8 Å². The Hall–Kier alpha value is -2.18. The van der Waals surface area contributed by atoms with Crippen molar-refractivity contribution in [3.05, 3.63) is 59.7 Å². The van der Waals surface area contributed by atoms with Crippen LogP contribution >= 0.6 is 0 Å². The first kappa shape index (κ1) is 13.8. The SMILES string of the molecule is NCc1ccc(CN2C=NS(=O)(=O)c3ccccc32)cc1. The summed E-state index contributed by atoms with van der Waals surface area (Å²) in [5.74, 6) is 0. The van der Waals surface area contributed by atoms with Gasteiger partial charge in [-0.2, -0.15) is 8.42 Å². The first-order valence-corrected chi connectivity index (χ1v) is 7.98. The summed E-state index contributed by atoms with van der Waals surface area (Å²) >= 11 is 0. The molecule has 0 bridgehead atoms. The van der Waals surface area contributed by atoms with Gasteiger partial charge >= 0.3 is 0 Å². The Morgan fingerprint density at radius 2 is 1.67 bits per heavy atom. The number of para-hydroxylation sites is 1. The molecule has 0 saturated heterocycles. The summed E-state index contributed by atoms with van der Waals surface area (Å²) in [5.41, 5.74) is 8.35. The molecule has 2 aromatic rings. The average molecular weight is 301 g/mol. The van der Waals surface area contributed by atoms with Crippen LogP contribution in [0.3, 0.4) is 0 Å². The Kier molecular flexibility index (Phi) is 3.48. The number of hydrogen-bond acceptors (Lipinski definition) is 4. The van der Waals surface area contributed by atoms with Crippen LogP contribution < -0.4 is 10.6 Å². The predicted molar refractivity (Wildman–Crippen MR) is 82.6 cm³/mol. The van der Waals surface area contributed by atoms with Crippen LogP contribution in [-0.4, -0.2) is 14.8 Å². The standard InChI is InChI=1S/C15H15N3O2S/c16-9-12-5-7-13(8-6-12)10-18-11-17-21(19,20)15-4-2-1-3-14(15)18/h1-8,11H,9-10,16H2. The number of nitrogens with two attached hydrogens (primary N) is 1. The van der Waals surface area contributed by atoms with Gasteiger partial charge in [0.1, 0.15) is 11.2 Å². The van der Waals surface area contributed by atoms with Gasteiger partial charge in [0.05, 0.1) is 5.69 Å². The van der Waals surface area contributed by atoms with E-state index in [9.17, 15) is 8.42 Å². The first-order chi connectivity index (χ1) is 10.1. The van der Waals surface area contributed by atoms with E-state index < -0.39 is 10.0 Å². The quantitative estimate of drug-likeness (QED) is 0.939. The molecule has 0 unspecified atom stereocenters. The van der Waals surface area contributed by atoms with Crippen molar-refractivity contribution < 1.29 is 8.42 Å². The van der Waals surface area contributed by atoms with E-state index in [1.54, 1.807) is 18.2 Å². The van der Waals surface area contributed by atoms with Crippen molar-refractivity contribution in [2.24, 2.45) is 10.1 Å². The van der Waals surface area contributed by atoms with Gasteiger partial charge in [-0.15, -0.1) is 4.40 Å². The van der Waals surface area contributed by atoms with Crippen LogP contribution in [0.25, 0.3) is 0 Å². The number of fused-ring (bicyclic) bond motifs is 1. The van der Waals surface area contributed by atoms with Crippen molar-refractivity contribution in [3.63, 3.8) is 0 Å². The van der Waals surface area contributed by atoms with Crippen molar-refractivity contribution in [1.29, 1.82) is 0 Å². The normalized spacial score (nSPS) is 15.8. The van der Waals surface area contributed by atoms with E-state index in [2.05, 4.69) is 4.40 Å². The van der Waals surface area contributed by atoms with Crippen molar-refractivity contribution in [3.8, 4) is 0 Å². The summed E-state index contributed by atoms with van der Waals surface area (Å²) in [7, 11) is -3.57. The molecule has 1 aliphatic rings. The van der Waals surface area contributed by atoms with Crippen LogP contribution in [0.2, 0.25) is 0 Å². The third kappa shape index (κ3) is 2.68. The van der Waals surface area contributed by atoms with E-state index >= 15 is 0 Å². The zero-order valence-electron chi connectivity index (χ0n) is 11.3.